The number of nitrogens with two attached hydrogens (primary N) is 1. The molecule has 0 aliphatic heterocycles. The van der Waals surface area contributed by atoms with E-state index >= 15 is 0 Å². The van der Waals surface area contributed by atoms with Crippen molar-refractivity contribution in [3.8, 4) is 0 Å². The molecule has 0 saturated carbocycles. The number of aromatic nitrogens is 1. The minimum Gasteiger partial charge on any atom is -0.398 e. The molecular formula is C12H11ClN2O. The van der Waals surface area contributed by atoms with Crippen LogP contribution in [0.25, 0.3) is 0 Å². The Kier molecular flexibility index (Phi) is 3.08. The van der Waals surface area contributed by atoms with Crippen LogP contribution in [-0.4, -0.2) is 10.1 Å². The van der Waals surface area contributed by atoms with Crippen LogP contribution in [-0.2, 0) is 0 Å². The van der Waals surface area contributed by atoms with E-state index in [2.05, 4.69) is 4.98 Å². The molecule has 0 radical (unpaired) electrons. The first-order valence-corrected chi connectivity index (χ1v) is 5.19. The van der Waals surface area contributed by atoms with Crippen LogP contribution in [0.4, 0.5) is 5.69 Å². The molecule has 1 aromatic carbocycles. The van der Waals surface area contributed by atoms with Crippen molar-refractivity contribution in [3.05, 3.63) is 58.9 Å². The van der Waals surface area contributed by atoms with Gasteiger partial charge in [-0.3, -0.25) is 4.98 Å². The molecule has 0 fully saturated rings. The first-order valence-electron chi connectivity index (χ1n) is 4.81. The average Bonchev–Trinajstić information content (AvgIpc) is 2.32. The monoisotopic (exact) mass is 234 g/mol. The molecule has 0 aliphatic rings. The maximum absolute atomic E-state index is 10.1. The SMILES string of the molecule is Nc1ccc(Cl)cc1C(O)c1ccncc1. The van der Waals surface area contributed by atoms with Crippen LogP contribution < -0.4 is 5.73 Å². The zero-order valence-corrected chi connectivity index (χ0v) is 9.22. The maximum atomic E-state index is 10.1. The van der Waals surface area contributed by atoms with E-state index in [0.29, 0.717) is 16.3 Å². The second-order valence-electron chi connectivity index (χ2n) is 3.46. The number of pyridine rings is 1. The Bertz CT molecular complexity index is 488. The van der Waals surface area contributed by atoms with Gasteiger partial charge in [0.15, 0.2) is 0 Å². The molecule has 0 aliphatic carbocycles. The van der Waals surface area contributed by atoms with Crippen molar-refractivity contribution in [2.75, 3.05) is 5.73 Å². The van der Waals surface area contributed by atoms with Crippen LogP contribution in [0.15, 0.2) is 42.7 Å². The number of nitrogen functional groups attached to an aromatic ring is 1. The van der Waals surface area contributed by atoms with E-state index in [1.54, 1.807) is 42.7 Å². The highest BCUT2D eigenvalue weighted by atomic mass is 35.5. The van der Waals surface area contributed by atoms with E-state index in [0.717, 1.165) is 5.56 Å². The van der Waals surface area contributed by atoms with Crippen LogP contribution in [0.3, 0.4) is 0 Å². The van der Waals surface area contributed by atoms with Gasteiger partial charge in [0.2, 0.25) is 0 Å². The van der Waals surface area contributed by atoms with Gasteiger partial charge >= 0.3 is 0 Å². The molecule has 0 spiro atoms. The van der Waals surface area contributed by atoms with E-state index in [-0.39, 0.29) is 0 Å². The predicted molar refractivity (Wildman–Crippen MR) is 64.2 cm³/mol. The van der Waals surface area contributed by atoms with Gasteiger partial charge in [0.1, 0.15) is 6.10 Å². The molecule has 3 N–H and O–H groups in total. The minimum atomic E-state index is -0.776. The summed E-state index contributed by atoms with van der Waals surface area (Å²) in [6, 6.07) is 8.53. The number of halogens is 1. The second-order valence-corrected chi connectivity index (χ2v) is 3.89. The van der Waals surface area contributed by atoms with Gasteiger partial charge in [-0.2, -0.15) is 0 Å². The van der Waals surface area contributed by atoms with E-state index < -0.39 is 6.10 Å². The van der Waals surface area contributed by atoms with Gasteiger partial charge in [-0.1, -0.05) is 11.6 Å². The lowest BCUT2D eigenvalue weighted by Gasteiger charge is -2.13. The van der Waals surface area contributed by atoms with E-state index in [1.807, 2.05) is 0 Å². The number of anilines is 1. The van der Waals surface area contributed by atoms with E-state index in [4.69, 9.17) is 17.3 Å². The third-order valence-electron chi connectivity index (χ3n) is 2.37. The first kappa shape index (κ1) is 10.9. The molecule has 1 unspecified atom stereocenters. The standard InChI is InChI=1S/C12H11ClN2O/c13-9-1-2-11(14)10(7-9)12(16)8-3-5-15-6-4-8/h1-7,12,16H,14H2. The Morgan fingerprint density at radius 3 is 2.56 bits per heavy atom. The Balaban J connectivity index is 2.41. The number of hydrogen-bond donors (Lipinski definition) is 2. The fourth-order valence-corrected chi connectivity index (χ4v) is 1.69. The molecule has 0 saturated heterocycles. The lowest BCUT2D eigenvalue weighted by atomic mass is 10.0. The molecule has 82 valence electrons. The molecule has 0 bridgehead atoms. The lowest BCUT2D eigenvalue weighted by molar-refractivity contribution is 0.221. The van der Waals surface area contributed by atoms with Crippen LogP contribution in [0.5, 0.6) is 0 Å². The highest BCUT2D eigenvalue weighted by Gasteiger charge is 2.13. The quantitative estimate of drug-likeness (QED) is 0.785. The van der Waals surface area contributed by atoms with Gasteiger partial charge in [0.05, 0.1) is 0 Å². The molecule has 3 nitrogen and oxygen atoms in total. The number of benzene rings is 1. The van der Waals surface area contributed by atoms with E-state index in [9.17, 15) is 5.11 Å². The summed E-state index contributed by atoms with van der Waals surface area (Å²) in [6.45, 7) is 0. The number of aliphatic hydroxyl groups excluding tert-OH is 1. The predicted octanol–water partition coefficient (Wildman–Crippen LogP) is 2.40. The Labute approximate surface area is 98.5 Å². The summed E-state index contributed by atoms with van der Waals surface area (Å²) in [7, 11) is 0. The number of aliphatic hydroxyl groups is 1. The van der Waals surface area contributed by atoms with Crippen molar-refractivity contribution >= 4 is 17.3 Å². The van der Waals surface area contributed by atoms with Crippen LogP contribution in [0.1, 0.15) is 17.2 Å². The van der Waals surface area contributed by atoms with Crippen molar-refractivity contribution in [1.29, 1.82) is 0 Å². The van der Waals surface area contributed by atoms with Gasteiger partial charge < -0.3 is 10.8 Å². The Hall–Kier alpha value is -1.58. The number of hydrogen-bond acceptors (Lipinski definition) is 3. The molecular weight excluding hydrogens is 224 g/mol. The summed E-state index contributed by atoms with van der Waals surface area (Å²) in [5, 5.41) is 10.7. The summed E-state index contributed by atoms with van der Waals surface area (Å²) in [5.74, 6) is 0. The molecule has 4 heteroatoms. The lowest BCUT2D eigenvalue weighted by Crippen LogP contribution is -2.03. The molecule has 1 heterocycles. The van der Waals surface area contributed by atoms with Crippen LogP contribution in [0.2, 0.25) is 5.02 Å². The van der Waals surface area contributed by atoms with Crippen molar-refractivity contribution in [3.63, 3.8) is 0 Å². The topological polar surface area (TPSA) is 59.1 Å². The zero-order valence-electron chi connectivity index (χ0n) is 8.47. The highest BCUT2D eigenvalue weighted by Crippen LogP contribution is 2.28. The van der Waals surface area contributed by atoms with E-state index in [1.165, 1.54) is 0 Å². The average molecular weight is 235 g/mol. The molecule has 1 aromatic heterocycles. The van der Waals surface area contributed by atoms with Gasteiger partial charge in [-0.15, -0.1) is 0 Å². The number of rotatable bonds is 2. The minimum absolute atomic E-state index is 0.522. The fraction of sp³-hybridized carbons (Fsp3) is 0.0833. The van der Waals surface area contributed by atoms with Crippen LogP contribution >= 0.6 is 11.6 Å². The van der Waals surface area contributed by atoms with Gasteiger partial charge in [0.25, 0.3) is 0 Å². The van der Waals surface area contributed by atoms with Crippen molar-refractivity contribution in [2.45, 2.75) is 6.10 Å². The third-order valence-corrected chi connectivity index (χ3v) is 2.60. The molecule has 0 amide bonds. The van der Waals surface area contributed by atoms with Gasteiger partial charge in [0, 0.05) is 28.7 Å². The van der Waals surface area contributed by atoms with Crippen molar-refractivity contribution in [2.24, 2.45) is 0 Å². The Morgan fingerprint density at radius 2 is 1.88 bits per heavy atom. The number of nitrogens with zero attached hydrogens (tertiary/aromatic N) is 1. The summed E-state index contributed by atoms with van der Waals surface area (Å²) >= 11 is 5.87. The summed E-state index contributed by atoms with van der Waals surface area (Å²) in [5.41, 5.74) is 7.67. The fourth-order valence-electron chi connectivity index (χ4n) is 1.51. The zero-order chi connectivity index (χ0) is 11.5. The summed E-state index contributed by atoms with van der Waals surface area (Å²) in [6.07, 6.45) is 2.47. The Morgan fingerprint density at radius 1 is 1.19 bits per heavy atom. The smallest absolute Gasteiger partial charge is 0.106 e. The molecule has 1 atom stereocenters. The van der Waals surface area contributed by atoms with Gasteiger partial charge in [-0.25, -0.2) is 0 Å². The van der Waals surface area contributed by atoms with Gasteiger partial charge in [-0.05, 0) is 35.9 Å². The van der Waals surface area contributed by atoms with Crippen LogP contribution in [0, 0.1) is 0 Å². The molecule has 2 aromatic rings. The third kappa shape index (κ3) is 2.15. The highest BCUT2D eigenvalue weighted by molar-refractivity contribution is 6.30. The summed E-state index contributed by atoms with van der Waals surface area (Å²) < 4.78 is 0. The first-order chi connectivity index (χ1) is 7.68. The normalized spacial score (nSPS) is 12.4. The maximum Gasteiger partial charge on any atom is 0.106 e. The summed E-state index contributed by atoms with van der Waals surface area (Å²) in [4.78, 5) is 3.89. The largest absolute Gasteiger partial charge is 0.398 e. The van der Waals surface area contributed by atoms with Crippen molar-refractivity contribution < 1.29 is 5.11 Å². The van der Waals surface area contributed by atoms with Crippen molar-refractivity contribution in [1.82, 2.24) is 4.98 Å². The molecule has 2 rings (SSSR count). The molecule has 16 heavy (non-hydrogen) atoms. The second kappa shape index (κ2) is 4.51.